The van der Waals surface area contributed by atoms with Gasteiger partial charge in [0.25, 0.3) is 11.8 Å². The number of primary amides is 1. The number of halogens is 1. The Hall–Kier alpha value is -4.11. The lowest BCUT2D eigenvalue weighted by Crippen LogP contribution is -2.63. The summed E-state index contributed by atoms with van der Waals surface area (Å²) in [6.07, 6.45) is 2.16. The zero-order chi connectivity index (χ0) is 34.1. The van der Waals surface area contributed by atoms with E-state index >= 15 is 0 Å². The molecule has 2 heterocycles. The first-order chi connectivity index (χ1) is 22.3. The lowest BCUT2D eigenvalue weighted by molar-refractivity contribution is -0.151. The molecule has 4 amide bonds. The van der Waals surface area contributed by atoms with Crippen LogP contribution in [0.25, 0.3) is 10.8 Å². The second kappa shape index (κ2) is 13.6. The van der Waals surface area contributed by atoms with Crippen molar-refractivity contribution in [2.45, 2.75) is 87.7 Å². The first-order valence-electron chi connectivity index (χ1n) is 15.7. The number of fused-ring (bicyclic) bond motifs is 1. The van der Waals surface area contributed by atoms with E-state index < -0.39 is 59.0 Å². The Kier molecular flexibility index (Phi) is 9.87. The molecule has 1 saturated heterocycles. The van der Waals surface area contributed by atoms with E-state index in [2.05, 4.69) is 15.6 Å². The van der Waals surface area contributed by atoms with Crippen molar-refractivity contribution in [3.63, 3.8) is 0 Å². The van der Waals surface area contributed by atoms with Gasteiger partial charge in [-0.15, -0.1) is 5.10 Å². The van der Waals surface area contributed by atoms with Crippen LogP contribution in [0.1, 0.15) is 74.5 Å². The molecule has 1 aliphatic heterocycles. The monoisotopic (exact) mass is 668 g/mol. The molecule has 14 nitrogen and oxygen atoms in total. The summed E-state index contributed by atoms with van der Waals surface area (Å²) < 4.78 is 2.31. The molecule has 15 heteroatoms. The molecule has 1 aromatic heterocycles. The lowest BCUT2D eigenvalue weighted by atomic mass is 9.77. The van der Waals surface area contributed by atoms with Gasteiger partial charge in [-0.25, -0.2) is 9.10 Å². The number of amides is 4. The maximum absolute atomic E-state index is 14.3. The van der Waals surface area contributed by atoms with Crippen LogP contribution >= 0.6 is 11.8 Å². The van der Waals surface area contributed by atoms with Crippen molar-refractivity contribution >= 4 is 46.2 Å². The number of aliphatic hydroxyl groups is 2. The third-order valence-corrected chi connectivity index (χ3v) is 9.83. The second-order valence-corrected chi connectivity index (χ2v) is 13.3. The van der Waals surface area contributed by atoms with Crippen molar-refractivity contribution < 1.29 is 29.4 Å². The van der Waals surface area contributed by atoms with Crippen LogP contribution in [-0.4, -0.2) is 95.0 Å². The maximum Gasteiger partial charge on any atom is 0.260 e. The van der Waals surface area contributed by atoms with Crippen LogP contribution < -0.4 is 16.8 Å². The highest BCUT2D eigenvalue weighted by Gasteiger charge is 2.53. The summed E-state index contributed by atoms with van der Waals surface area (Å²) >= 11 is 6.77. The zero-order valence-electron chi connectivity index (χ0n) is 26.4. The van der Waals surface area contributed by atoms with Crippen molar-refractivity contribution in [1.82, 2.24) is 29.6 Å². The average molecular weight is 669 g/mol. The predicted molar refractivity (Wildman–Crippen MR) is 172 cm³/mol. The highest BCUT2D eigenvalue weighted by molar-refractivity contribution is 6.23. The van der Waals surface area contributed by atoms with E-state index in [0.717, 1.165) is 21.6 Å². The van der Waals surface area contributed by atoms with Crippen LogP contribution in [0, 0.1) is 0 Å². The Morgan fingerprint density at radius 3 is 2.45 bits per heavy atom. The number of carbonyl (C=O) groups is 4. The highest BCUT2D eigenvalue weighted by atomic mass is 35.5. The molecule has 0 spiro atoms. The quantitative estimate of drug-likeness (QED) is 0.196. The van der Waals surface area contributed by atoms with Crippen LogP contribution in [0.3, 0.4) is 0 Å². The number of hydrogen-bond donors (Lipinski definition) is 5. The summed E-state index contributed by atoms with van der Waals surface area (Å²) in [5, 5.41) is 34.3. The number of hydrogen-bond acceptors (Lipinski definition) is 9. The highest BCUT2D eigenvalue weighted by Crippen LogP contribution is 2.41. The molecule has 5 rings (SSSR count). The van der Waals surface area contributed by atoms with Gasteiger partial charge in [0.05, 0.1) is 23.5 Å². The predicted octanol–water partition coefficient (Wildman–Crippen LogP) is 1.09. The van der Waals surface area contributed by atoms with Gasteiger partial charge in [0.2, 0.25) is 11.8 Å². The fourth-order valence-electron chi connectivity index (χ4n) is 6.77. The zero-order valence-corrected chi connectivity index (χ0v) is 27.1. The first-order valence-corrected chi connectivity index (χ1v) is 16.0. The molecular formula is C32H41ClN8O6. The van der Waals surface area contributed by atoms with Gasteiger partial charge >= 0.3 is 0 Å². The fraction of sp³-hybridized carbons (Fsp3) is 0.500. The third kappa shape index (κ3) is 6.68. The van der Waals surface area contributed by atoms with E-state index in [1.165, 1.54) is 15.8 Å². The van der Waals surface area contributed by atoms with Crippen molar-refractivity contribution in [2.75, 3.05) is 13.1 Å². The minimum absolute atomic E-state index is 0.0128. The molecule has 4 atom stereocenters. The van der Waals surface area contributed by atoms with E-state index in [1.54, 1.807) is 32.0 Å². The topological polar surface area (TPSA) is 210 Å². The number of nitrogens with two attached hydrogens (primary N) is 2. The van der Waals surface area contributed by atoms with Gasteiger partial charge in [-0.1, -0.05) is 54.8 Å². The van der Waals surface area contributed by atoms with Crippen LogP contribution in [-0.2, 0) is 20.0 Å². The van der Waals surface area contributed by atoms with E-state index in [9.17, 15) is 29.4 Å². The van der Waals surface area contributed by atoms with E-state index in [0.29, 0.717) is 24.1 Å². The Labute approximate surface area is 277 Å². The molecule has 2 fully saturated rings. The number of aliphatic hydroxyl groups excluding tert-OH is 1. The number of carbonyl (C=O) groups excluding carboxylic acids is 4. The fourth-order valence-corrected chi connectivity index (χ4v) is 7.14. The molecule has 1 unspecified atom stereocenters. The minimum Gasteiger partial charge on any atom is -0.384 e. The van der Waals surface area contributed by atoms with Crippen LogP contribution in [0.15, 0.2) is 48.7 Å². The van der Waals surface area contributed by atoms with E-state index in [-0.39, 0.29) is 32.4 Å². The summed E-state index contributed by atoms with van der Waals surface area (Å²) in [5.74, 6) is -2.90. The van der Waals surface area contributed by atoms with Gasteiger partial charge in [-0.05, 0) is 49.6 Å². The number of nitrogens with one attached hydrogen (secondary N) is 1. The summed E-state index contributed by atoms with van der Waals surface area (Å²) in [7, 11) is 0. The van der Waals surface area contributed by atoms with Crippen LogP contribution in [0.5, 0.6) is 0 Å². The van der Waals surface area contributed by atoms with Crippen LogP contribution in [0.4, 0.5) is 0 Å². The number of rotatable bonds is 10. The average Bonchev–Trinajstić information content (AvgIpc) is 3.74. The summed E-state index contributed by atoms with van der Waals surface area (Å²) in [5.41, 5.74) is 9.40. The Morgan fingerprint density at radius 2 is 1.81 bits per heavy atom. The van der Waals surface area contributed by atoms with Crippen LogP contribution in [0.2, 0.25) is 0 Å². The van der Waals surface area contributed by atoms with Gasteiger partial charge in [0.1, 0.15) is 17.7 Å². The number of likely N-dealkylation sites (tertiary alicyclic amines) is 1. The molecule has 252 valence electrons. The lowest BCUT2D eigenvalue weighted by Gasteiger charge is -2.45. The largest absolute Gasteiger partial charge is 0.384 e. The molecule has 2 aliphatic rings. The van der Waals surface area contributed by atoms with Gasteiger partial charge in [-0.2, -0.15) is 0 Å². The van der Waals surface area contributed by atoms with E-state index in [1.807, 2.05) is 24.3 Å². The molecule has 7 N–H and O–H groups in total. The number of benzene rings is 2. The molecule has 2 aromatic carbocycles. The molecule has 1 saturated carbocycles. The molecule has 3 aromatic rings. The molecular weight excluding hydrogens is 628 g/mol. The van der Waals surface area contributed by atoms with Crippen molar-refractivity contribution in [3.8, 4) is 0 Å². The van der Waals surface area contributed by atoms with Crippen molar-refractivity contribution in [1.29, 1.82) is 0 Å². The van der Waals surface area contributed by atoms with Gasteiger partial charge in [0.15, 0.2) is 6.10 Å². The van der Waals surface area contributed by atoms with Gasteiger partial charge in [-0.3, -0.25) is 19.2 Å². The Bertz CT molecular complexity index is 1650. The molecule has 0 radical (unpaired) electrons. The molecule has 47 heavy (non-hydrogen) atoms. The summed E-state index contributed by atoms with van der Waals surface area (Å²) in [6.45, 7) is 2.80. The van der Waals surface area contributed by atoms with E-state index in [4.69, 9.17) is 23.2 Å². The Morgan fingerprint density at radius 1 is 1.13 bits per heavy atom. The van der Waals surface area contributed by atoms with Gasteiger partial charge < -0.3 is 31.9 Å². The van der Waals surface area contributed by atoms with Crippen molar-refractivity contribution in [2.24, 2.45) is 11.5 Å². The number of nitrogens with zero attached hydrogens (tertiary/aromatic N) is 5. The summed E-state index contributed by atoms with van der Waals surface area (Å²) in [6, 6.07) is 9.67. The summed E-state index contributed by atoms with van der Waals surface area (Å²) in [4.78, 5) is 55.3. The maximum atomic E-state index is 14.3. The second-order valence-electron chi connectivity index (χ2n) is 12.9. The smallest absolute Gasteiger partial charge is 0.260 e. The van der Waals surface area contributed by atoms with Crippen molar-refractivity contribution in [3.05, 3.63) is 59.9 Å². The SMILES string of the molecule is CC(C)(O)c1cnnn1[C@H]1C[C@@H](C(=O)N(Cl)C2(C(O)C(N)=O)CCCCC2)N(C(=O)[C@@H](CN)NC(=O)c2ccc3ccccc3c2)C1. The van der Waals surface area contributed by atoms with Gasteiger partial charge in [0, 0.05) is 36.9 Å². The molecule has 1 aliphatic carbocycles. The standard InChI is InChI=1S/C32H41ClN8O6/c1-31(2,47)25-17-36-38-40(25)22-15-24(30(46)41(33)32(26(42)27(35)43)12-6-3-7-13-32)39(18-22)29(45)23(16-34)37-28(44)21-11-10-19-8-4-5-9-20(19)14-21/h4-5,8-11,14,17,22-24,26,42,47H,3,6-7,12-13,15-16,18,34H2,1-2H3,(H2,35,43)(H,37,44)/t22-,23+,24-,26?/m0/s1. The molecule has 0 bridgehead atoms. The third-order valence-electron chi connectivity index (χ3n) is 9.33. The normalized spacial score (nSPS) is 20.9. The Balaban J connectivity index is 1.46. The number of aromatic nitrogens is 3. The first kappa shape index (κ1) is 34.2. The minimum atomic E-state index is -1.74.